The number of carbonyl (C=O) groups is 2. The molecule has 1 aliphatic heterocycles. The van der Waals surface area contributed by atoms with E-state index in [9.17, 15) is 35.1 Å². The topological polar surface area (TPSA) is 154 Å². The Morgan fingerprint density at radius 2 is 1.25 bits per heavy atom. The molecule has 9 heteroatoms. The number of benzene rings is 4. The van der Waals surface area contributed by atoms with E-state index < -0.39 is 23.6 Å². The molecule has 4 aromatic rings. The van der Waals surface area contributed by atoms with Crippen molar-refractivity contribution in [3.63, 3.8) is 0 Å². The fourth-order valence-electron chi connectivity index (χ4n) is 8.42. The van der Waals surface area contributed by atoms with Crippen LogP contribution in [-0.2, 0) is 14.3 Å². The lowest BCUT2D eigenvalue weighted by atomic mass is 9.78. The molecule has 0 amide bonds. The van der Waals surface area contributed by atoms with Gasteiger partial charge < -0.3 is 35.0 Å². The molecule has 9 nitrogen and oxygen atoms in total. The molecule has 0 spiro atoms. The first-order valence-corrected chi connectivity index (χ1v) is 21.7. The quantitative estimate of drug-likeness (QED) is 0.0239. The third-order valence-electron chi connectivity index (χ3n) is 11.5. The van der Waals surface area contributed by atoms with Crippen LogP contribution in [0.1, 0.15) is 142 Å². The Balaban J connectivity index is 1.34. The molecule has 5 N–H and O–H groups in total. The molecular weight excluding hydrogens is 769 g/mol. The average molecular weight is 827 g/mol. The summed E-state index contributed by atoms with van der Waals surface area (Å²) in [5, 5.41) is 53.5. The highest BCUT2D eigenvalue weighted by atomic mass is 16.5. The van der Waals surface area contributed by atoms with Gasteiger partial charge in [-0.1, -0.05) is 107 Å². The lowest BCUT2D eigenvalue weighted by Gasteiger charge is -2.24. The Labute approximate surface area is 359 Å². The van der Waals surface area contributed by atoms with Crippen molar-refractivity contribution in [2.45, 2.75) is 109 Å². The predicted octanol–water partition coefficient (Wildman–Crippen LogP) is 12.1. The monoisotopic (exact) mass is 826 g/mol. The number of phenols is 5. The van der Waals surface area contributed by atoms with E-state index in [1.165, 1.54) is 94.5 Å². The average Bonchev–Trinajstić information content (AvgIpc) is 3.62. The van der Waals surface area contributed by atoms with Crippen LogP contribution in [0.4, 0.5) is 0 Å². The fraction of sp³-hybridized carbons (Fsp3) is 0.346. The first-order chi connectivity index (χ1) is 29.6. The minimum Gasteiger partial charge on any atom is -0.508 e. The van der Waals surface area contributed by atoms with Crippen LogP contribution >= 0.6 is 0 Å². The SMILES string of the molecule is CCCCCC/C=C\CCCCCCCCCC1=C(c2c(O)cc3c(c2/C=C\c2ccc(O)cc2)[C@H](c2cc(O)cc(O)c2)[C@@H](c2ccc(O)cc2)O3)C(=O)C=C(OC)C1=O. The van der Waals surface area contributed by atoms with Gasteiger partial charge in [0, 0.05) is 40.5 Å². The number of unbranched alkanes of at least 4 members (excludes halogenated alkanes) is 11. The smallest absolute Gasteiger partial charge is 0.224 e. The minimum atomic E-state index is -0.763. The summed E-state index contributed by atoms with van der Waals surface area (Å²) in [4.78, 5) is 28.4. The number of carbonyl (C=O) groups excluding carboxylic acids is 2. The van der Waals surface area contributed by atoms with Gasteiger partial charge in [-0.15, -0.1) is 0 Å². The molecule has 0 saturated heterocycles. The van der Waals surface area contributed by atoms with Gasteiger partial charge in [0.25, 0.3) is 0 Å². The number of phenolic OH excluding ortho intramolecular Hbond substituents is 5. The zero-order valence-electron chi connectivity index (χ0n) is 35.2. The van der Waals surface area contributed by atoms with Gasteiger partial charge in [-0.25, -0.2) is 0 Å². The first-order valence-electron chi connectivity index (χ1n) is 21.7. The van der Waals surface area contributed by atoms with E-state index >= 15 is 0 Å². The van der Waals surface area contributed by atoms with Gasteiger partial charge in [0.05, 0.1) is 13.0 Å². The number of hydrogen-bond donors (Lipinski definition) is 5. The fourth-order valence-corrected chi connectivity index (χ4v) is 8.42. The maximum atomic E-state index is 14.3. The van der Waals surface area contributed by atoms with Crippen molar-refractivity contribution in [2.75, 3.05) is 7.11 Å². The molecule has 61 heavy (non-hydrogen) atoms. The molecule has 2 atom stereocenters. The van der Waals surface area contributed by atoms with Crippen LogP contribution in [0.25, 0.3) is 17.7 Å². The number of ether oxygens (including phenoxy) is 2. The highest BCUT2D eigenvalue weighted by Gasteiger charge is 2.42. The van der Waals surface area contributed by atoms with Crippen LogP contribution in [0.15, 0.2) is 102 Å². The van der Waals surface area contributed by atoms with Crippen molar-refractivity contribution in [3.8, 4) is 34.5 Å². The van der Waals surface area contributed by atoms with Crippen LogP contribution in [0, 0.1) is 0 Å². The third-order valence-corrected chi connectivity index (χ3v) is 11.5. The highest BCUT2D eigenvalue weighted by Crippen LogP contribution is 2.56. The van der Waals surface area contributed by atoms with E-state index in [2.05, 4.69) is 19.1 Å². The summed E-state index contributed by atoms with van der Waals surface area (Å²) in [6, 6.07) is 18.7. The van der Waals surface area contributed by atoms with Gasteiger partial charge in [0.15, 0.2) is 11.5 Å². The molecule has 4 aromatic carbocycles. The normalized spacial score (nSPS) is 16.4. The highest BCUT2D eigenvalue weighted by molar-refractivity contribution is 6.37. The Hall–Kier alpha value is -6.22. The molecule has 0 aromatic heterocycles. The van der Waals surface area contributed by atoms with Crippen LogP contribution in [0.2, 0.25) is 0 Å². The summed E-state index contributed by atoms with van der Waals surface area (Å²) in [6.07, 6.45) is 23.3. The summed E-state index contributed by atoms with van der Waals surface area (Å²) in [5.41, 5.74) is 3.26. The van der Waals surface area contributed by atoms with Gasteiger partial charge in [-0.2, -0.15) is 0 Å². The summed E-state index contributed by atoms with van der Waals surface area (Å²) >= 11 is 0. The Bertz CT molecular complexity index is 2260. The minimum absolute atomic E-state index is 0.0541. The van der Waals surface area contributed by atoms with Crippen LogP contribution in [0.3, 0.4) is 0 Å². The van der Waals surface area contributed by atoms with Crippen molar-refractivity contribution in [3.05, 3.63) is 136 Å². The lowest BCUT2D eigenvalue weighted by Crippen LogP contribution is -2.21. The van der Waals surface area contributed by atoms with E-state index in [4.69, 9.17) is 9.47 Å². The zero-order chi connectivity index (χ0) is 43.3. The second-order valence-electron chi connectivity index (χ2n) is 16.0. The molecule has 0 saturated carbocycles. The van der Waals surface area contributed by atoms with E-state index in [0.29, 0.717) is 40.0 Å². The molecule has 0 fully saturated rings. The first kappa shape index (κ1) is 44.3. The van der Waals surface area contributed by atoms with Crippen LogP contribution < -0.4 is 4.74 Å². The predicted molar refractivity (Wildman–Crippen MR) is 240 cm³/mol. The number of Topliss-reactive ketones (excluding diaryl/α,β-unsaturated/α-hetero) is 1. The molecule has 1 heterocycles. The molecule has 0 unspecified atom stereocenters. The lowest BCUT2D eigenvalue weighted by molar-refractivity contribution is -0.117. The van der Waals surface area contributed by atoms with Gasteiger partial charge >= 0.3 is 0 Å². The number of methoxy groups -OCH3 is 1. The van der Waals surface area contributed by atoms with E-state index in [1.54, 1.807) is 48.6 Å². The molecule has 0 radical (unpaired) electrons. The van der Waals surface area contributed by atoms with Crippen molar-refractivity contribution < 1.29 is 44.6 Å². The van der Waals surface area contributed by atoms with E-state index in [0.717, 1.165) is 32.1 Å². The summed E-state index contributed by atoms with van der Waals surface area (Å²) in [5.74, 6) is -1.89. The molecule has 0 bridgehead atoms. The van der Waals surface area contributed by atoms with Gasteiger partial charge in [0.2, 0.25) is 5.78 Å². The van der Waals surface area contributed by atoms with E-state index in [-0.39, 0.29) is 57.6 Å². The molecule has 1 aliphatic carbocycles. The Morgan fingerprint density at radius 3 is 1.87 bits per heavy atom. The summed E-state index contributed by atoms with van der Waals surface area (Å²) in [7, 11) is 1.36. The maximum absolute atomic E-state index is 14.3. The van der Waals surface area contributed by atoms with Gasteiger partial charge in [0.1, 0.15) is 40.6 Å². The second-order valence-corrected chi connectivity index (χ2v) is 16.0. The molecular formula is C52H58O9. The van der Waals surface area contributed by atoms with Crippen LogP contribution in [0.5, 0.6) is 34.5 Å². The standard InChI is InChI=1S/C52H58O9/c1-3-4-5-6-7-8-9-10-11-12-13-14-15-16-17-18-42-49(44(58)33-46(60-2)51(42)59)48-41(28-21-34-19-24-37(53)25-20-34)50-45(32-43(48)57)61-52(35-22-26-38(54)27-23-35)47(50)36-29-39(55)31-40(56)30-36/h8-9,19-33,47,52-57H,3-7,10-18H2,1-2H3/b9-8-,28-21-/t47-,52+/m0/s1. The Morgan fingerprint density at radius 1 is 0.656 bits per heavy atom. The maximum Gasteiger partial charge on any atom is 0.224 e. The molecule has 320 valence electrons. The van der Waals surface area contributed by atoms with Gasteiger partial charge in [-0.05, 0) is 97.2 Å². The zero-order valence-corrected chi connectivity index (χ0v) is 35.2. The van der Waals surface area contributed by atoms with Crippen molar-refractivity contribution >= 4 is 29.3 Å². The summed E-state index contributed by atoms with van der Waals surface area (Å²) < 4.78 is 12.0. The number of fused-ring (bicyclic) bond motifs is 1. The molecule has 2 aliphatic rings. The van der Waals surface area contributed by atoms with Crippen molar-refractivity contribution in [1.82, 2.24) is 0 Å². The third kappa shape index (κ3) is 11.1. The Kier molecular flexibility index (Phi) is 15.5. The van der Waals surface area contributed by atoms with Crippen LogP contribution in [-0.4, -0.2) is 44.2 Å². The largest absolute Gasteiger partial charge is 0.508 e. The van der Waals surface area contributed by atoms with Gasteiger partial charge in [-0.3, -0.25) is 9.59 Å². The van der Waals surface area contributed by atoms with Crippen molar-refractivity contribution in [1.29, 1.82) is 0 Å². The van der Waals surface area contributed by atoms with E-state index in [1.807, 2.05) is 0 Å². The molecule has 6 rings (SSSR count). The summed E-state index contributed by atoms with van der Waals surface area (Å²) in [6.45, 7) is 2.23. The number of hydrogen-bond acceptors (Lipinski definition) is 9. The number of rotatable bonds is 21. The number of aromatic hydroxyl groups is 5. The van der Waals surface area contributed by atoms with Crippen molar-refractivity contribution in [2.24, 2.45) is 0 Å². The number of ketones is 2. The second kappa shape index (κ2) is 21.3. The number of allylic oxidation sites excluding steroid dienone is 5.